The number of aromatic nitrogens is 1. The topological polar surface area (TPSA) is 109 Å². The first-order valence-electron chi connectivity index (χ1n) is 11.3. The summed E-state index contributed by atoms with van der Waals surface area (Å²) < 4.78 is 55.3. The number of rotatable bonds is 6. The van der Waals surface area contributed by atoms with Crippen LogP contribution in [0.2, 0.25) is 0 Å². The van der Waals surface area contributed by atoms with Gasteiger partial charge in [0.2, 0.25) is 33.4 Å². The van der Waals surface area contributed by atoms with Gasteiger partial charge in [0, 0.05) is 18.2 Å². The van der Waals surface area contributed by atoms with Gasteiger partial charge < -0.3 is 28.7 Å². The molecular weight excluding hydrogens is 484 g/mol. The lowest BCUT2D eigenvalue weighted by atomic mass is 10.1. The summed E-state index contributed by atoms with van der Waals surface area (Å²) in [5, 5.41) is 2.89. The van der Waals surface area contributed by atoms with Crippen molar-refractivity contribution in [2.75, 3.05) is 25.3 Å². The number of benzene rings is 3. The van der Waals surface area contributed by atoms with Gasteiger partial charge in [-0.3, -0.25) is 0 Å². The fourth-order valence-electron chi connectivity index (χ4n) is 3.96. The van der Waals surface area contributed by atoms with Crippen LogP contribution in [-0.4, -0.2) is 33.4 Å². The molecule has 184 valence electrons. The van der Waals surface area contributed by atoms with E-state index < -0.39 is 9.84 Å². The van der Waals surface area contributed by atoms with Gasteiger partial charge in [-0.15, -0.1) is 0 Å². The van der Waals surface area contributed by atoms with Crippen LogP contribution in [0.1, 0.15) is 11.1 Å². The van der Waals surface area contributed by atoms with E-state index in [-0.39, 0.29) is 35.0 Å². The monoisotopic (exact) mass is 506 g/mol. The number of fused-ring (bicyclic) bond motifs is 2. The zero-order valence-electron chi connectivity index (χ0n) is 19.3. The van der Waals surface area contributed by atoms with Gasteiger partial charge in [0.15, 0.2) is 23.0 Å². The Morgan fingerprint density at radius 2 is 1.53 bits per heavy atom. The van der Waals surface area contributed by atoms with Crippen molar-refractivity contribution in [1.29, 1.82) is 0 Å². The van der Waals surface area contributed by atoms with Crippen molar-refractivity contribution in [3.63, 3.8) is 0 Å². The van der Waals surface area contributed by atoms with E-state index in [0.29, 0.717) is 41.8 Å². The van der Waals surface area contributed by atoms with Gasteiger partial charge in [-0.05, 0) is 48.9 Å². The molecule has 0 saturated carbocycles. The number of anilines is 1. The van der Waals surface area contributed by atoms with Crippen molar-refractivity contribution in [2.45, 2.75) is 23.4 Å². The molecule has 0 amide bonds. The number of aryl methyl sites for hydroxylation is 1. The van der Waals surface area contributed by atoms with Gasteiger partial charge in [-0.1, -0.05) is 23.8 Å². The zero-order chi connectivity index (χ0) is 24.7. The molecule has 4 aromatic rings. The van der Waals surface area contributed by atoms with Gasteiger partial charge in [0.1, 0.15) is 13.2 Å². The Morgan fingerprint density at radius 3 is 2.36 bits per heavy atom. The Labute approximate surface area is 207 Å². The van der Waals surface area contributed by atoms with E-state index in [2.05, 4.69) is 10.3 Å². The fourth-order valence-corrected chi connectivity index (χ4v) is 5.25. The number of ether oxygens (including phenoxy) is 4. The second-order valence-electron chi connectivity index (χ2n) is 8.37. The summed E-state index contributed by atoms with van der Waals surface area (Å²) in [6.07, 6.45) is 0. The van der Waals surface area contributed by atoms with Gasteiger partial charge in [-0.2, -0.15) is 4.98 Å². The highest BCUT2D eigenvalue weighted by Crippen LogP contribution is 2.38. The predicted molar refractivity (Wildman–Crippen MR) is 129 cm³/mol. The molecule has 1 N–H and O–H groups in total. The maximum atomic E-state index is 13.7. The lowest BCUT2D eigenvalue weighted by Gasteiger charge is -2.18. The second-order valence-corrected chi connectivity index (χ2v) is 10.2. The Hall–Kier alpha value is -4.18. The molecular formula is C26H22N2O7S. The van der Waals surface area contributed by atoms with Gasteiger partial charge in [-0.25, -0.2) is 8.42 Å². The summed E-state index contributed by atoms with van der Waals surface area (Å²) in [7, 11) is -4.06. The molecule has 0 saturated heterocycles. The molecule has 0 fully saturated rings. The average molecular weight is 507 g/mol. The molecule has 2 aliphatic heterocycles. The van der Waals surface area contributed by atoms with Gasteiger partial charge in [0.05, 0.1) is 4.90 Å². The summed E-state index contributed by atoms with van der Waals surface area (Å²) in [5.41, 5.74) is 2.58. The van der Waals surface area contributed by atoms with Crippen LogP contribution < -0.4 is 24.3 Å². The van der Waals surface area contributed by atoms with E-state index >= 15 is 0 Å². The lowest BCUT2D eigenvalue weighted by molar-refractivity contribution is 0.171. The molecule has 9 nitrogen and oxygen atoms in total. The van der Waals surface area contributed by atoms with Crippen LogP contribution in [0.5, 0.6) is 23.0 Å². The van der Waals surface area contributed by atoms with Crippen molar-refractivity contribution < 1.29 is 31.8 Å². The average Bonchev–Trinajstić information content (AvgIpc) is 3.55. The summed E-state index contributed by atoms with van der Waals surface area (Å²) >= 11 is 0. The maximum absolute atomic E-state index is 13.7. The van der Waals surface area contributed by atoms with E-state index in [9.17, 15) is 8.42 Å². The first kappa shape index (κ1) is 22.3. The minimum absolute atomic E-state index is 0.0293. The highest BCUT2D eigenvalue weighted by Gasteiger charge is 2.30. The highest BCUT2D eigenvalue weighted by atomic mass is 32.2. The molecule has 10 heteroatoms. The van der Waals surface area contributed by atoms with Crippen molar-refractivity contribution in [3.05, 3.63) is 71.8 Å². The minimum atomic E-state index is -4.06. The fraction of sp³-hybridized carbons (Fsp3) is 0.192. The largest absolute Gasteiger partial charge is 0.486 e. The number of nitrogens with zero attached hydrogens (tertiary/aromatic N) is 1. The number of hydrogen-bond acceptors (Lipinski definition) is 9. The van der Waals surface area contributed by atoms with Crippen molar-refractivity contribution >= 4 is 15.7 Å². The Balaban J connectivity index is 1.37. The molecule has 3 heterocycles. The SMILES string of the molecule is Cc1ccc(-c2nc(S(=O)(=O)c3ccc4c(c3)OCCO4)c(NCc3ccc4c(c3)OCO4)o2)cc1. The third-order valence-electron chi connectivity index (χ3n) is 5.86. The standard InChI is InChI=1S/C26H22N2O7S/c1-16-2-5-18(6-3-16)24-28-26(36(29,30)19-7-9-20-23(13-19)32-11-10-31-20)25(35-24)27-14-17-4-8-21-22(12-17)34-15-33-21/h2-9,12-13,27H,10-11,14-15H2,1H3. The molecule has 0 bridgehead atoms. The van der Waals surface area contributed by atoms with E-state index in [1.54, 1.807) is 6.07 Å². The van der Waals surface area contributed by atoms with Crippen molar-refractivity contribution in [3.8, 4) is 34.5 Å². The quantitative estimate of drug-likeness (QED) is 0.401. The van der Waals surface area contributed by atoms with Crippen LogP contribution in [0.25, 0.3) is 11.5 Å². The summed E-state index contributed by atoms with van der Waals surface area (Å²) in [4.78, 5) is 4.44. The predicted octanol–water partition coefficient (Wildman–Crippen LogP) is 4.59. The first-order chi connectivity index (χ1) is 17.5. The third-order valence-corrected chi connectivity index (χ3v) is 7.52. The first-order valence-corrected chi connectivity index (χ1v) is 12.8. The summed E-state index contributed by atoms with van der Waals surface area (Å²) in [6, 6.07) is 17.5. The normalized spacial score (nSPS) is 14.0. The van der Waals surface area contributed by atoms with Gasteiger partial charge >= 0.3 is 0 Å². The van der Waals surface area contributed by atoms with Crippen LogP contribution in [-0.2, 0) is 16.4 Å². The Morgan fingerprint density at radius 1 is 0.833 bits per heavy atom. The molecule has 1 aromatic heterocycles. The maximum Gasteiger partial charge on any atom is 0.234 e. The van der Waals surface area contributed by atoms with Crippen LogP contribution in [0.4, 0.5) is 5.88 Å². The molecule has 3 aromatic carbocycles. The smallest absolute Gasteiger partial charge is 0.234 e. The highest BCUT2D eigenvalue weighted by molar-refractivity contribution is 7.91. The van der Waals surface area contributed by atoms with Crippen molar-refractivity contribution in [1.82, 2.24) is 4.98 Å². The minimum Gasteiger partial charge on any atom is -0.486 e. The van der Waals surface area contributed by atoms with Crippen LogP contribution >= 0.6 is 0 Å². The molecule has 0 radical (unpaired) electrons. The van der Waals surface area contributed by atoms with E-state index in [0.717, 1.165) is 11.1 Å². The second kappa shape index (κ2) is 8.80. The summed E-state index contributed by atoms with van der Waals surface area (Å²) in [6.45, 7) is 3.18. The van der Waals surface area contributed by atoms with Crippen LogP contribution in [0.15, 0.2) is 75.0 Å². The van der Waals surface area contributed by atoms with Crippen LogP contribution in [0.3, 0.4) is 0 Å². The zero-order valence-corrected chi connectivity index (χ0v) is 20.1. The molecule has 2 aliphatic rings. The Bertz CT molecular complexity index is 1550. The Kier molecular flexibility index (Phi) is 5.45. The lowest BCUT2D eigenvalue weighted by Crippen LogP contribution is -2.16. The number of nitrogens with one attached hydrogen (secondary N) is 1. The number of oxazole rings is 1. The molecule has 6 rings (SSSR count). The van der Waals surface area contributed by atoms with E-state index in [4.69, 9.17) is 23.4 Å². The van der Waals surface area contributed by atoms with Crippen LogP contribution in [0, 0.1) is 6.92 Å². The molecule has 0 spiro atoms. The van der Waals surface area contributed by atoms with Crippen molar-refractivity contribution in [2.24, 2.45) is 0 Å². The molecule has 0 unspecified atom stereocenters. The van der Waals surface area contributed by atoms with E-state index in [1.807, 2.05) is 49.4 Å². The molecule has 0 aliphatic carbocycles. The molecule has 0 atom stereocenters. The molecule has 36 heavy (non-hydrogen) atoms. The van der Waals surface area contributed by atoms with E-state index in [1.165, 1.54) is 12.1 Å². The van der Waals surface area contributed by atoms with Gasteiger partial charge in [0.25, 0.3) is 0 Å². The number of hydrogen-bond donors (Lipinski definition) is 1. The third kappa shape index (κ3) is 4.09. The summed E-state index contributed by atoms with van der Waals surface area (Å²) in [5.74, 6) is 2.41. The number of sulfone groups is 1.